The van der Waals surface area contributed by atoms with Crippen molar-refractivity contribution >= 4 is 29.0 Å². The number of unbranched alkanes of at least 4 members (excludes halogenated alkanes) is 1. The topological polar surface area (TPSA) is 82.6 Å². The number of nitrogens with zero attached hydrogens (tertiary/aromatic N) is 1. The predicted molar refractivity (Wildman–Crippen MR) is 133 cm³/mol. The van der Waals surface area contributed by atoms with Crippen LogP contribution in [0.2, 0.25) is 0 Å². The van der Waals surface area contributed by atoms with Crippen LogP contribution in [0.25, 0.3) is 0 Å². The van der Waals surface area contributed by atoms with Gasteiger partial charge in [-0.05, 0) is 48.7 Å². The predicted octanol–water partition coefficient (Wildman–Crippen LogP) is 4.15. The number of aromatic amines is 1. The first-order valence-corrected chi connectivity index (χ1v) is 12.6. The normalized spacial score (nSPS) is 19.7. The monoisotopic (exact) mass is 542 g/mol. The van der Waals surface area contributed by atoms with Gasteiger partial charge in [-0.2, -0.15) is 13.2 Å². The van der Waals surface area contributed by atoms with E-state index in [0.29, 0.717) is 16.3 Å². The molecule has 1 fully saturated rings. The van der Waals surface area contributed by atoms with E-state index in [-0.39, 0.29) is 24.7 Å². The molecule has 3 rings (SSSR count). The summed E-state index contributed by atoms with van der Waals surface area (Å²) in [6.45, 7) is 1.98. The Hall–Kier alpha value is -2.59. The Kier molecular flexibility index (Phi) is 9.78. The van der Waals surface area contributed by atoms with Gasteiger partial charge < -0.3 is 14.2 Å². The molecule has 1 saturated heterocycles. The number of aromatic nitrogens is 2. The molecule has 0 aliphatic carbocycles. The molecule has 36 heavy (non-hydrogen) atoms. The Labute approximate surface area is 215 Å². The van der Waals surface area contributed by atoms with Crippen molar-refractivity contribution in [2.45, 2.75) is 55.7 Å². The Morgan fingerprint density at radius 1 is 1.33 bits per heavy atom. The van der Waals surface area contributed by atoms with E-state index in [0.717, 1.165) is 23.5 Å². The molecular formula is C24H25F3N2O5S2. The van der Waals surface area contributed by atoms with Gasteiger partial charge in [0, 0.05) is 23.1 Å². The van der Waals surface area contributed by atoms with E-state index in [1.54, 1.807) is 16.7 Å². The lowest BCUT2D eigenvalue weighted by Crippen LogP contribution is -2.36. The third-order valence-corrected chi connectivity index (χ3v) is 6.83. The average Bonchev–Trinajstić information content (AvgIpc) is 3.23. The number of nitrogens with one attached hydrogen (secondary N) is 1. The highest BCUT2D eigenvalue weighted by Crippen LogP contribution is 2.32. The molecule has 1 aromatic heterocycles. The van der Waals surface area contributed by atoms with Crippen molar-refractivity contribution in [1.82, 2.24) is 9.55 Å². The van der Waals surface area contributed by atoms with Gasteiger partial charge in [0.05, 0.1) is 6.10 Å². The zero-order valence-corrected chi connectivity index (χ0v) is 21.0. The second kappa shape index (κ2) is 12.6. The van der Waals surface area contributed by atoms with Gasteiger partial charge in [-0.3, -0.25) is 14.3 Å². The fourth-order valence-electron chi connectivity index (χ4n) is 3.52. The fraction of sp³-hybridized carbons (Fsp3) is 0.458. The molecule has 0 amide bonds. The molecule has 0 radical (unpaired) electrons. The molecule has 0 unspecified atom stereocenters. The highest BCUT2D eigenvalue weighted by Gasteiger charge is 2.40. The van der Waals surface area contributed by atoms with Gasteiger partial charge in [-0.1, -0.05) is 19.3 Å². The maximum Gasteiger partial charge on any atom is 0.423 e. The van der Waals surface area contributed by atoms with E-state index in [2.05, 4.69) is 12.8 Å². The van der Waals surface area contributed by atoms with Crippen LogP contribution in [0.1, 0.15) is 43.5 Å². The highest BCUT2D eigenvalue weighted by atomic mass is 32.2. The van der Waals surface area contributed by atoms with E-state index in [1.807, 2.05) is 24.3 Å². The number of thioether (sulfide) groups is 1. The number of thiocarbonyl (C=S) groups is 1. The van der Waals surface area contributed by atoms with Gasteiger partial charge >= 0.3 is 11.9 Å². The molecule has 2 heterocycles. The van der Waals surface area contributed by atoms with Crippen LogP contribution < -0.4 is 11.2 Å². The van der Waals surface area contributed by atoms with Crippen LogP contribution in [-0.2, 0) is 20.4 Å². The Balaban J connectivity index is 1.70. The molecule has 7 nitrogen and oxygen atoms in total. The highest BCUT2D eigenvalue weighted by molar-refractivity contribution is 7.99. The van der Waals surface area contributed by atoms with E-state index in [4.69, 9.17) is 32.9 Å². The summed E-state index contributed by atoms with van der Waals surface area (Å²) in [7, 11) is 0. The average molecular weight is 543 g/mol. The summed E-state index contributed by atoms with van der Waals surface area (Å²) in [5, 5.41) is 0.212. The van der Waals surface area contributed by atoms with E-state index in [9.17, 15) is 22.8 Å². The summed E-state index contributed by atoms with van der Waals surface area (Å²) in [4.78, 5) is 26.6. The summed E-state index contributed by atoms with van der Waals surface area (Å²) < 4.78 is 57.3. The molecule has 3 atom stereocenters. The van der Waals surface area contributed by atoms with Crippen molar-refractivity contribution in [2.24, 2.45) is 0 Å². The Morgan fingerprint density at radius 3 is 2.69 bits per heavy atom. The van der Waals surface area contributed by atoms with Crippen molar-refractivity contribution in [3.05, 3.63) is 62.4 Å². The van der Waals surface area contributed by atoms with Crippen LogP contribution >= 0.6 is 24.0 Å². The third kappa shape index (κ3) is 7.22. The minimum absolute atomic E-state index is 0.00932. The Morgan fingerprint density at radius 2 is 2.06 bits per heavy atom. The zero-order valence-electron chi connectivity index (χ0n) is 19.4. The number of hydrogen-bond donors (Lipinski definition) is 1. The molecule has 1 aromatic carbocycles. The summed E-state index contributed by atoms with van der Waals surface area (Å²) >= 11 is 7.12. The SMILES string of the molecule is C#CCO[C@H]1C[C@H](n2cc(C(F)(F)F)c(=O)[nH]c2=O)O[C@@H]1COC(=S)c1ccc(SCCCC)cc1. The largest absolute Gasteiger partial charge is 0.480 e. The smallest absolute Gasteiger partial charge is 0.423 e. The first-order chi connectivity index (χ1) is 17.1. The van der Waals surface area contributed by atoms with Crippen LogP contribution in [0, 0.1) is 12.3 Å². The van der Waals surface area contributed by atoms with Crippen LogP contribution in [-0.4, -0.2) is 45.8 Å². The van der Waals surface area contributed by atoms with Crippen LogP contribution in [0.4, 0.5) is 13.2 Å². The summed E-state index contributed by atoms with van der Waals surface area (Å²) in [6, 6.07) is 7.60. The third-order valence-electron chi connectivity index (χ3n) is 5.38. The van der Waals surface area contributed by atoms with Gasteiger partial charge in [0.25, 0.3) is 5.56 Å². The van der Waals surface area contributed by atoms with E-state index in [1.165, 1.54) is 0 Å². The molecule has 12 heteroatoms. The molecular weight excluding hydrogens is 517 g/mol. The van der Waals surface area contributed by atoms with Crippen LogP contribution in [0.15, 0.2) is 44.9 Å². The molecule has 0 saturated carbocycles. The molecule has 1 N–H and O–H groups in total. The molecule has 0 spiro atoms. The lowest BCUT2D eigenvalue weighted by molar-refractivity contribution is -0.139. The summed E-state index contributed by atoms with van der Waals surface area (Å²) in [5.41, 5.74) is -3.39. The van der Waals surface area contributed by atoms with Crippen molar-refractivity contribution in [2.75, 3.05) is 19.0 Å². The van der Waals surface area contributed by atoms with E-state index < -0.39 is 41.4 Å². The van der Waals surface area contributed by atoms with Gasteiger partial charge in [0.2, 0.25) is 0 Å². The lowest BCUT2D eigenvalue weighted by Gasteiger charge is -2.19. The number of halogens is 3. The van der Waals surface area contributed by atoms with Crippen molar-refractivity contribution < 1.29 is 27.4 Å². The second-order valence-electron chi connectivity index (χ2n) is 7.95. The summed E-state index contributed by atoms with van der Waals surface area (Å²) in [6.07, 6.45) is 0.424. The van der Waals surface area contributed by atoms with Crippen molar-refractivity contribution in [3.8, 4) is 12.3 Å². The standard InChI is InChI=1S/C24H25F3N2O5S2/c1-3-5-11-36-16-8-6-15(7-9-16)22(35)33-14-19-18(32-10-4-2)12-20(34-19)29-13-17(24(25,26)27)21(30)28-23(29)31/h2,6-9,13,18-20H,3,5,10-12,14H2,1H3,(H,28,30,31)/t18-,19+,20+/m0/s1. The number of alkyl halides is 3. The molecule has 194 valence electrons. The molecule has 2 aromatic rings. The quantitative estimate of drug-likeness (QED) is 0.209. The van der Waals surface area contributed by atoms with E-state index >= 15 is 0 Å². The number of hydrogen-bond acceptors (Lipinski definition) is 7. The number of benzene rings is 1. The first kappa shape index (κ1) is 28.0. The maximum atomic E-state index is 13.2. The van der Waals surface area contributed by atoms with Gasteiger partial charge in [0.1, 0.15) is 31.1 Å². The lowest BCUT2D eigenvalue weighted by atomic mass is 10.2. The number of H-pyrrole nitrogens is 1. The summed E-state index contributed by atoms with van der Waals surface area (Å²) in [5.74, 6) is 3.35. The van der Waals surface area contributed by atoms with Gasteiger partial charge in [0.15, 0.2) is 5.05 Å². The number of terminal acetylenes is 1. The number of rotatable bonds is 10. The second-order valence-corrected chi connectivity index (χ2v) is 9.49. The maximum absolute atomic E-state index is 13.2. The molecule has 1 aliphatic heterocycles. The Bertz CT molecular complexity index is 1200. The van der Waals surface area contributed by atoms with Gasteiger partial charge in [-0.15, -0.1) is 18.2 Å². The molecule has 0 bridgehead atoms. The first-order valence-electron chi connectivity index (χ1n) is 11.2. The zero-order chi connectivity index (χ0) is 26.3. The van der Waals surface area contributed by atoms with Crippen LogP contribution in [0.5, 0.6) is 0 Å². The fourth-order valence-corrected chi connectivity index (χ4v) is 4.72. The van der Waals surface area contributed by atoms with Gasteiger partial charge in [-0.25, -0.2) is 4.79 Å². The number of ether oxygens (including phenoxy) is 3. The minimum Gasteiger partial charge on any atom is -0.480 e. The molecule has 1 aliphatic rings. The van der Waals surface area contributed by atoms with Crippen molar-refractivity contribution in [1.29, 1.82) is 0 Å². The van der Waals surface area contributed by atoms with Crippen molar-refractivity contribution in [3.63, 3.8) is 0 Å². The van der Waals surface area contributed by atoms with Crippen LogP contribution in [0.3, 0.4) is 0 Å². The minimum atomic E-state index is -4.94.